The van der Waals surface area contributed by atoms with Crippen LogP contribution in [0.2, 0.25) is 0 Å². The van der Waals surface area contributed by atoms with Crippen LogP contribution in [0.25, 0.3) is 11.1 Å². The van der Waals surface area contributed by atoms with E-state index in [1.54, 1.807) is 6.07 Å². The summed E-state index contributed by atoms with van der Waals surface area (Å²) < 4.78 is 23.6. The number of aromatic nitrogens is 2. The second-order valence-corrected chi connectivity index (χ2v) is 6.74. The largest absolute Gasteiger partial charge is 0.496 e. The topological polar surface area (TPSA) is 114 Å². The van der Waals surface area contributed by atoms with Crippen molar-refractivity contribution >= 4 is 11.7 Å². The number of H-pyrrole nitrogens is 1. The number of nitrogens with one attached hydrogen (secondary N) is 2. The fourth-order valence-electron chi connectivity index (χ4n) is 3.11. The number of ketones is 1. The summed E-state index contributed by atoms with van der Waals surface area (Å²) in [6.07, 6.45) is 0.459. The Hall–Kier alpha value is -3.75. The monoisotopic (exact) mass is 413 g/mol. The summed E-state index contributed by atoms with van der Waals surface area (Å²) in [5.74, 6) is -1.87. The molecule has 9 heteroatoms. The van der Waals surface area contributed by atoms with Gasteiger partial charge in [-0.15, -0.1) is 5.10 Å². The maximum atomic E-state index is 13.6. The molecule has 1 heterocycles. The van der Waals surface area contributed by atoms with Crippen LogP contribution in [-0.4, -0.2) is 35.0 Å². The number of methoxy groups -OCH3 is 1. The number of hydrogen-bond acceptors (Lipinski definition) is 6. The first-order valence-electron chi connectivity index (χ1n) is 9.14. The van der Waals surface area contributed by atoms with E-state index in [0.717, 1.165) is 11.1 Å². The highest BCUT2D eigenvalue weighted by atomic mass is 19.1. The molecule has 2 aromatic carbocycles. The molecule has 156 valence electrons. The molecule has 1 aromatic heterocycles. The van der Waals surface area contributed by atoms with E-state index in [0.29, 0.717) is 17.7 Å². The van der Waals surface area contributed by atoms with Crippen molar-refractivity contribution in [3.63, 3.8) is 0 Å². The molecule has 0 fully saturated rings. The first-order valence-corrected chi connectivity index (χ1v) is 9.14. The molecule has 2 N–H and O–H groups in total. The van der Waals surface area contributed by atoms with Crippen molar-refractivity contribution in [3.05, 3.63) is 70.3 Å². The molecule has 3 rings (SSSR count). The van der Waals surface area contributed by atoms with Gasteiger partial charge in [-0.2, -0.15) is 0 Å². The van der Waals surface area contributed by atoms with Crippen molar-refractivity contribution in [3.8, 4) is 16.9 Å². The van der Waals surface area contributed by atoms with Crippen molar-refractivity contribution < 1.29 is 23.1 Å². The predicted molar refractivity (Wildman–Crippen MR) is 106 cm³/mol. The van der Waals surface area contributed by atoms with E-state index in [9.17, 15) is 18.8 Å². The second-order valence-electron chi connectivity index (χ2n) is 6.74. The fourth-order valence-corrected chi connectivity index (χ4v) is 3.11. The maximum absolute atomic E-state index is 13.6. The lowest BCUT2D eigenvalue weighted by atomic mass is 9.98. The van der Waals surface area contributed by atoms with Crippen LogP contribution in [0.15, 0.2) is 51.7 Å². The van der Waals surface area contributed by atoms with Gasteiger partial charge in [0.1, 0.15) is 17.3 Å². The summed E-state index contributed by atoms with van der Waals surface area (Å²) in [6.45, 7) is 1.42. The number of amides is 1. The highest BCUT2D eigenvalue weighted by Gasteiger charge is 2.20. The molecule has 8 nitrogen and oxygen atoms in total. The minimum Gasteiger partial charge on any atom is -0.496 e. The van der Waals surface area contributed by atoms with Crippen LogP contribution in [0.5, 0.6) is 5.75 Å². The zero-order chi connectivity index (χ0) is 21.7. The molecule has 3 aromatic rings. The third-order valence-corrected chi connectivity index (χ3v) is 4.41. The second kappa shape index (κ2) is 9.17. The van der Waals surface area contributed by atoms with E-state index >= 15 is 0 Å². The number of benzene rings is 2. The van der Waals surface area contributed by atoms with E-state index in [-0.39, 0.29) is 18.0 Å². The lowest BCUT2D eigenvalue weighted by Gasteiger charge is -2.17. The Morgan fingerprint density at radius 2 is 1.97 bits per heavy atom. The van der Waals surface area contributed by atoms with Gasteiger partial charge in [0.15, 0.2) is 0 Å². The minimum absolute atomic E-state index is 0.0971. The van der Waals surface area contributed by atoms with E-state index in [1.807, 2.05) is 29.4 Å². The number of Topliss-reactive ketones (excluding diaryl/α,β-unsaturated/α-hetero) is 1. The Morgan fingerprint density at radius 1 is 1.23 bits per heavy atom. The molecule has 0 aliphatic heterocycles. The predicted octanol–water partition coefficient (Wildman–Crippen LogP) is 2.50. The lowest BCUT2D eigenvalue weighted by molar-refractivity contribution is -0.117. The van der Waals surface area contributed by atoms with Gasteiger partial charge in [0, 0.05) is 18.0 Å². The van der Waals surface area contributed by atoms with Gasteiger partial charge in [-0.05, 0) is 42.7 Å². The van der Waals surface area contributed by atoms with Crippen LogP contribution in [0.1, 0.15) is 29.6 Å². The Balaban J connectivity index is 1.76. The van der Waals surface area contributed by atoms with E-state index < -0.39 is 23.6 Å². The van der Waals surface area contributed by atoms with E-state index in [4.69, 9.17) is 4.74 Å². The molecule has 0 bridgehead atoms. The van der Waals surface area contributed by atoms with Crippen molar-refractivity contribution in [1.29, 1.82) is 0 Å². The van der Waals surface area contributed by atoms with E-state index in [1.165, 1.54) is 26.2 Å². The third kappa shape index (κ3) is 5.19. The van der Waals surface area contributed by atoms with Gasteiger partial charge in [0.25, 0.3) is 0 Å². The standard InChI is InChI=1S/C21H20FN3O5/c1-12(26)9-16(23-19(27)20-24-25-21(28)30-20)10-13-3-5-14(6-4-13)17-11-15(22)7-8-18(17)29-2/h3-8,11,16H,9-10H2,1-2H3,(H,23,27)(H,25,28). The number of carbonyl (C=O) groups excluding carboxylic acids is 2. The van der Waals surface area contributed by atoms with Gasteiger partial charge in [-0.1, -0.05) is 24.3 Å². The van der Waals surface area contributed by atoms with Crippen LogP contribution >= 0.6 is 0 Å². The minimum atomic E-state index is -0.841. The number of carbonyl (C=O) groups is 2. The number of aromatic amines is 1. The first-order chi connectivity index (χ1) is 14.4. The molecule has 0 saturated heterocycles. The van der Waals surface area contributed by atoms with Crippen molar-refractivity contribution in [2.45, 2.75) is 25.8 Å². The van der Waals surface area contributed by atoms with Crippen molar-refractivity contribution in [2.24, 2.45) is 0 Å². The maximum Gasteiger partial charge on any atom is 0.434 e. The molecule has 0 spiro atoms. The average Bonchev–Trinajstić information content (AvgIpc) is 3.14. The molecule has 0 radical (unpaired) electrons. The molecule has 1 unspecified atom stereocenters. The summed E-state index contributed by atoms with van der Waals surface area (Å²) in [6, 6.07) is 11.0. The highest BCUT2D eigenvalue weighted by Crippen LogP contribution is 2.30. The Bertz CT molecular complexity index is 1100. The molecule has 1 amide bonds. The van der Waals surface area contributed by atoms with Crippen molar-refractivity contribution in [1.82, 2.24) is 15.5 Å². The Morgan fingerprint density at radius 3 is 2.57 bits per heavy atom. The zero-order valence-corrected chi connectivity index (χ0v) is 16.4. The molecule has 0 aliphatic rings. The number of halogens is 1. The van der Waals surface area contributed by atoms with Crippen LogP contribution in [-0.2, 0) is 11.2 Å². The van der Waals surface area contributed by atoms with Crippen LogP contribution in [0, 0.1) is 5.82 Å². The number of nitrogens with zero attached hydrogens (tertiary/aromatic N) is 1. The molecule has 0 aliphatic carbocycles. The Labute approximate surface area is 171 Å². The average molecular weight is 413 g/mol. The SMILES string of the molecule is COc1ccc(F)cc1-c1ccc(CC(CC(C)=O)NC(=O)c2n[nH]c(=O)o2)cc1. The summed E-state index contributed by atoms with van der Waals surface area (Å²) in [7, 11) is 1.52. The molecular weight excluding hydrogens is 393 g/mol. The molecule has 1 atom stereocenters. The summed E-state index contributed by atoms with van der Waals surface area (Å²) in [5, 5.41) is 8.15. The van der Waals surface area contributed by atoms with Gasteiger partial charge >= 0.3 is 17.6 Å². The fraction of sp³-hybridized carbons (Fsp3) is 0.238. The third-order valence-electron chi connectivity index (χ3n) is 4.41. The van der Waals surface area contributed by atoms with Gasteiger partial charge in [-0.25, -0.2) is 14.3 Å². The highest BCUT2D eigenvalue weighted by molar-refractivity contribution is 5.90. The normalized spacial score (nSPS) is 11.7. The number of ether oxygens (including phenoxy) is 1. The summed E-state index contributed by atoms with van der Waals surface area (Å²) in [5.41, 5.74) is 2.23. The van der Waals surface area contributed by atoms with Gasteiger partial charge in [0.05, 0.1) is 7.11 Å². The molecule has 30 heavy (non-hydrogen) atoms. The smallest absolute Gasteiger partial charge is 0.434 e. The zero-order valence-electron chi connectivity index (χ0n) is 16.4. The van der Waals surface area contributed by atoms with Gasteiger partial charge in [-0.3, -0.25) is 9.59 Å². The Kier molecular flexibility index (Phi) is 6.41. The van der Waals surface area contributed by atoms with E-state index in [2.05, 4.69) is 14.8 Å². The number of rotatable bonds is 8. The van der Waals surface area contributed by atoms with Crippen molar-refractivity contribution in [2.75, 3.05) is 7.11 Å². The summed E-state index contributed by atoms with van der Waals surface area (Å²) in [4.78, 5) is 34.8. The van der Waals surface area contributed by atoms with Crippen LogP contribution < -0.4 is 15.8 Å². The first kappa shape index (κ1) is 21.0. The van der Waals surface area contributed by atoms with Crippen LogP contribution in [0.3, 0.4) is 0 Å². The quantitative estimate of drug-likeness (QED) is 0.586. The lowest BCUT2D eigenvalue weighted by Crippen LogP contribution is -2.38. The van der Waals surface area contributed by atoms with Crippen LogP contribution in [0.4, 0.5) is 4.39 Å². The van der Waals surface area contributed by atoms with Gasteiger partial charge < -0.3 is 14.5 Å². The summed E-state index contributed by atoms with van der Waals surface area (Å²) >= 11 is 0. The van der Waals surface area contributed by atoms with Gasteiger partial charge in [0.2, 0.25) is 0 Å². The number of hydrogen-bond donors (Lipinski definition) is 2. The molecular formula is C21H20FN3O5. The molecule has 0 saturated carbocycles.